The molecule has 0 spiro atoms. The minimum Gasteiger partial charge on any atom is -0.354 e. The molecular weight excluding hydrogens is 354 g/mol. The van der Waals surface area contributed by atoms with Crippen LogP contribution >= 0.6 is 11.8 Å². The number of nitrogens with one attached hydrogen (secondary N) is 2. The van der Waals surface area contributed by atoms with Gasteiger partial charge in [-0.25, -0.2) is 0 Å². The first-order chi connectivity index (χ1) is 12.5. The van der Waals surface area contributed by atoms with E-state index < -0.39 is 10.8 Å². The number of nitrogens with zero attached hydrogens (tertiary/aromatic N) is 1. The summed E-state index contributed by atoms with van der Waals surface area (Å²) in [4.78, 5) is 35.3. The summed E-state index contributed by atoms with van der Waals surface area (Å²) < 4.78 is 0. The van der Waals surface area contributed by atoms with Gasteiger partial charge < -0.3 is 10.6 Å². The maximum atomic E-state index is 12.2. The first kappa shape index (κ1) is 19.5. The van der Waals surface area contributed by atoms with Crippen molar-refractivity contribution < 1.29 is 14.5 Å². The van der Waals surface area contributed by atoms with Crippen molar-refractivity contribution in [2.75, 3.05) is 19.3 Å². The average molecular weight is 373 g/mol. The van der Waals surface area contributed by atoms with E-state index >= 15 is 0 Å². The van der Waals surface area contributed by atoms with Crippen LogP contribution < -0.4 is 10.6 Å². The highest BCUT2D eigenvalue weighted by Crippen LogP contribution is 2.24. The fraction of sp³-hybridized carbons (Fsp3) is 0.222. The molecule has 0 aliphatic rings. The molecule has 26 heavy (non-hydrogen) atoms. The summed E-state index contributed by atoms with van der Waals surface area (Å²) in [5.74, 6) is -0.689. The summed E-state index contributed by atoms with van der Waals surface area (Å²) >= 11 is 1.39. The van der Waals surface area contributed by atoms with E-state index in [0.29, 0.717) is 0 Å². The van der Waals surface area contributed by atoms with Gasteiger partial charge in [0.15, 0.2) is 0 Å². The maximum absolute atomic E-state index is 12.2. The molecule has 2 rings (SSSR count). The second-order valence-electron chi connectivity index (χ2n) is 5.41. The van der Waals surface area contributed by atoms with Crippen LogP contribution in [0.4, 0.5) is 5.69 Å². The Morgan fingerprint density at radius 1 is 1.08 bits per heavy atom. The van der Waals surface area contributed by atoms with E-state index in [1.165, 1.54) is 23.9 Å². The molecule has 2 aromatic rings. The second kappa shape index (κ2) is 9.57. The monoisotopic (exact) mass is 373 g/mol. The predicted octanol–water partition coefficient (Wildman–Crippen LogP) is 2.41. The van der Waals surface area contributed by atoms with Crippen LogP contribution in [0.25, 0.3) is 0 Å². The summed E-state index contributed by atoms with van der Waals surface area (Å²) in [5.41, 5.74) is 0.671. The molecule has 2 aromatic carbocycles. The van der Waals surface area contributed by atoms with Crippen molar-refractivity contribution in [1.29, 1.82) is 0 Å². The molecule has 0 fully saturated rings. The molecule has 2 amide bonds. The van der Waals surface area contributed by atoms with Crippen LogP contribution in [-0.2, 0) is 11.2 Å². The van der Waals surface area contributed by atoms with Gasteiger partial charge in [0.25, 0.3) is 11.6 Å². The Hall–Kier alpha value is -2.87. The second-order valence-corrected chi connectivity index (χ2v) is 6.29. The first-order valence-corrected chi connectivity index (χ1v) is 9.15. The smallest absolute Gasteiger partial charge is 0.282 e. The molecule has 0 bridgehead atoms. The van der Waals surface area contributed by atoms with Gasteiger partial charge in [-0.2, -0.15) is 0 Å². The Morgan fingerprint density at radius 2 is 1.77 bits per heavy atom. The third-order valence-electron chi connectivity index (χ3n) is 3.59. The third kappa shape index (κ3) is 5.59. The van der Waals surface area contributed by atoms with E-state index in [-0.39, 0.29) is 36.7 Å². The average Bonchev–Trinajstić information content (AvgIpc) is 2.65. The van der Waals surface area contributed by atoms with E-state index in [4.69, 9.17) is 0 Å². The number of hydrogen-bond donors (Lipinski definition) is 2. The minimum atomic E-state index is -0.583. The van der Waals surface area contributed by atoms with Crippen molar-refractivity contribution in [2.45, 2.75) is 11.3 Å². The predicted molar refractivity (Wildman–Crippen MR) is 100 cm³/mol. The number of nitro benzene ring substituents is 1. The van der Waals surface area contributed by atoms with Gasteiger partial charge in [0.2, 0.25) is 5.91 Å². The van der Waals surface area contributed by atoms with Gasteiger partial charge >= 0.3 is 0 Å². The van der Waals surface area contributed by atoms with E-state index in [1.807, 2.05) is 36.6 Å². The Morgan fingerprint density at radius 3 is 2.42 bits per heavy atom. The number of nitro groups is 1. The van der Waals surface area contributed by atoms with E-state index in [1.54, 1.807) is 6.07 Å². The van der Waals surface area contributed by atoms with Crippen molar-refractivity contribution in [3.8, 4) is 0 Å². The summed E-state index contributed by atoms with van der Waals surface area (Å²) in [7, 11) is 0. The fourth-order valence-electron chi connectivity index (χ4n) is 2.30. The summed E-state index contributed by atoms with van der Waals surface area (Å²) in [6.07, 6.45) is 2.08. The summed E-state index contributed by atoms with van der Waals surface area (Å²) in [6.45, 7) is 0.424. The number of benzene rings is 2. The topological polar surface area (TPSA) is 101 Å². The molecular formula is C18H19N3O4S. The number of carbonyl (C=O) groups is 2. The molecule has 0 aromatic heterocycles. The van der Waals surface area contributed by atoms with Gasteiger partial charge in [0.1, 0.15) is 5.56 Å². The lowest BCUT2D eigenvalue weighted by Crippen LogP contribution is -2.35. The Bertz CT molecular complexity index is 796. The highest BCUT2D eigenvalue weighted by molar-refractivity contribution is 7.98. The number of thioether (sulfide) groups is 1. The zero-order valence-electron chi connectivity index (χ0n) is 14.2. The molecule has 0 saturated heterocycles. The van der Waals surface area contributed by atoms with Crippen LogP contribution in [-0.4, -0.2) is 36.1 Å². The maximum Gasteiger partial charge on any atom is 0.282 e. The Kier molecular flexibility index (Phi) is 7.16. The van der Waals surface area contributed by atoms with E-state index in [2.05, 4.69) is 10.6 Å². The van der Waals surface area contributed by atoms with Crippen LogP contribution in [0.3, 0.4) is 0 Å². The zero-order valence-corrected chi connectivity index (χ0v) is 15.0. The Labute approximate surface area is 155 Å². The quantitative estimate of drug-likeness (QED) is 0.320. The molecule has 0 aliphatic heterocycles. The molecule has 0 aliphatic carbocycles. The number of carbonyl (C=O) groups excluding carboxylic acids is 2. The van der Waals surface area contributed by atoms with Crippen LogP contribution in [0.15, 0.2) is 53.4 Å². The van der Waals surface area contributed by atoms with Gasteiger partial charge in [-0.05, 0) is 24.0 Å². The first-order valence-electron chi connectivity index (χ1n) is 7.92. The highest BCUT2D eigenvalue weighted by atomic mass is 32.2. The van der Waals surface area contributed by atoms with Gasteiger partial charge in [-0.15, -0.1) is 11.8 Å². The molecule has 0 saturated carbocycles. The van der Waals surface area contributed by atoms with Crippen molar-refractivity contribution >= 4 is 29.3 Å². The zero-order chi connectivity index (χ0) is 18.9. The summed E-state index contributed by atoms with van der Waals surface area (Å²) in [5, 5.41) is 16.4. The molecule has 7 nitrogen and oxygen atoms in total. The van der Waals surface area contributed by atoms with Crippen molar-refractivity contribution in [1.82, 2.24) is 10.6 Å². The lowest BCUT2D eigenvalue weighted by atomic mass is 10.1. The van der Waals surface area contributed by atoms with E-state index in [0.717, 1.165) is 10.5 Å². The van der Waals surface area contributed by atoms with Crippen molar-refractivity contribution in [3.63, 3.8) is 0 Å². The number of amides is 2. The molecule has 0 unspecified atom stereocenters. The molecule has 0 atom stereocenters. The molecule has 2 N–H and O–H groups in total. The molecule has 8 heteroatoms. The number of hydrogen-bond acceptors (Lipinski definition) is 5. The minimum absolute atomic E-state index is 0.0115. The van der Waals surface area contributed by atoms with Crippen LogP contribution in [0.5, 0.6) is 0 Å². The normalized spacial score (nSPS) is 10.2. The van der Waals surface area contributed by atoms with E-state index in [9.17, 15) is 19.7 Å². The standard InChI is InChI=1S/C18H19N3O4S/c1-26-14-7-8-16(21(24)25)15(12-14)18(23)20-10-9-19-17(22)11-13-5-3-2-4-6-13/h2-8,12H,9-11H2,1H3,(H,19,22)(H,20,23). The number of rotatable bonds is 8. The van der Waals surface area contributed by atoms with Gasteiger partial charge in [-0.3, -0.25) is 19.7 Å². The summed E-state index contributed by atoms with van der Waals surface area (Å²) in [6, 6.07) is 13.7. The highest BCUT2D eigenvalue weighted by Gasteiger charge is 2.20. The van der Waals surface area contributed by atoms with Crippen LogP contribution in [0.2, 0.25) is 0 Å². The molecule has 0 radical (unpaired) electrons. The Balaban J connectivity index is 1.85. The third-order valence-corrected chi connectivity index (χ3v) is 4.31. The van der Waals surface area contributed by atoms with Gasteiger partial charge in [0, 0.05) is 24.1 Å². The fourth-order valence-corrected chi connectivity index (χ4v) is 2.74. The van der Waals surface area contributed by atoms with Crippen LogP contribution in [0.1, 0.15) is 15.9 Å². The molecule has 136 valence electrons. The lowest BCUT2D eigenvalue weighted by Gasteiger charge is -2.08. The lowest BCUT2D eigenvalue weighted by molar-refractivity contribution is -0.385. The molecule has 0 heterocycles. The van der Waals surface area contributed by atoms with Crippen LogP contribution in [0, 0.1) is 10.1 Å². The van der Waals surface area contributed by atoms with Gasteiger partial charge in [-0.1, -0.05) is 30.3 Å². The SMILES string of the molecule is CSc1ccc([N+](=O)[O-])c(C(=O)NCCNC(=O)Cc2ccccc2)c1. The van der Waals surface area contributed by atoms with Crippen molar-refractivity contribution in [3.05, 3.63) is 69.8 Å². The largest absolute Gasteiger partial charge is 0.354 e. The van der Waals surface area contributed by atoms with Gasteiger partial charge in [0.05, 0.1) is 11.3 Å². The van der Waals surface area contributed by atoms with Crippen molar-refractivity contribution in [2.24, 2.45) is 0 Å².